The molecule has 1 atom stereocenters. The minimum atomic E-state index is -3.54. The van der Waals surface area contributed by atoms with Crippen LogP contribution < -0.4 is 0 Å². The van der Waals surface area contributed by atoms with Crippen molar-refractivity contribution in [3.8, 4) is 23.0 Å². The van der Waals surface area contributed by atoms with Crippen LogP contribution in [0.15, 0.2) is 60.9 Å². The van der Waals surface area contributed by atoms with Crippen molar-refractivity contribution in [1.29, 1.82) is 0 Å². The number of nitrogens with zero attached hydrogens (tertiary/aromatic N) is 5. The second kappa shape index (κ2) is 14.8. The number of pyridine rings is 1. The van der Waals surface area contributed by atoms with Gasteiger partial charge in [0.2, 0.25) is 0 Å². The molecule has 0 spiro atoms. The van der Waals surface area contributed by atoms with Crippen molar-refractivity contribution in [2.45, 2.75) is 74.2 Å². The third-order valence-electron chi connectivity index (χ3n) is 9.23. The molecule has 2 aromatic carbocycles. The lowest BCUT2D eigenvalue weighted by atomic mass is 9.85. The second-order valence-electron chi connectivity index (χ2n) is 14.0. The fourth-order valence-electron chi connectivity index (χ4n) is 6.52. The van der Waals surface area contributed by atoms with Crippen LogP contribution in [0.4, 0.5) is 8.78 Å². The van der Waals surface area contributed by atoms with Crippen molar-refractivity contribution in [3.05, 3.63) is 100 Å². The SMILES string of the molecule is Cn1nc(CS(C)(=O)=O)c2c(Cl)ccc(-c3ccc(C#CC(C)(C)S(=O)(=O)C4CC4)nc3[C@@H](CC(=O)CCn3cccn3)Cc3cc(F)cc(F)c3)c21. The monoisotopic (exact) mass is 781 g/mol. The van der Waals surface area contributed by atoms with Crippen LogP contribution in [-0.4, -0.2) is 63.4 Å². The zero-order valence-electron chi connectivity index (χ0n) is 29.6. The molecule has 0 bridgehead atoms. The van der Waals surface area contributed by atoms with Gasteiger partial charge in [-0.15, -0.1) is 0 Å². The standard InChI is InChI=1S/C38H38ClF2N5O5S2/c1-38(2,53(50,51)30-7-8-30)14-12-28-6-9-31(32-10-11-33(39)35-34(23-52(4,48)49)44-45(3)37(32)35)36(43-28)25(18-24-19-26(40)22-27(41)20-24)21-29(47)13-17-46-16-5-15-42-46/h5-6,9-11,15-16,19-20,22,25,30H,7-8,13,17-18,21,23H2,1-4H3/t25-/m1/s1. The van der Waals surface area contributed by atoms with Gasteiger partial charge >= 0.3 is 0 Å². The summed E-state index contributed by atoms with van der Waals surface area (Å²) in [5.74, 6) is 3.06. The Hall–Kier alpha value is -4.45. The summed E-state index contributed by atoms with van der Waals surface area (Å²) in [7, 11) is -5.37. The Morgan fingerprint density at radius 1 is 1.06 bits per heavy atom. The molecule has 0 aliphatic heterocycles. The van der Waals surface area contributed by atoms with E-state index in [1.807, 2.05) is 0 Å². The van der Waals surface area contributed by atoms with Gasteiger partial charge in [-0.25, -0.2) is 30.6 Å². The maximum absolute atomic E-state index is 14.5. The molecule has 278 valence electrons. The zero-order chi connectivity index (χ0) is 38.3. The highest BCUT2D eigenvalue weighted by Crippen LogP contribution is 2.40. The molecule has 1 fully saturated rings. The van der Waals surface area contributed by atoms with E-state index in [2.05, 4.69) is 22.0 Å². The van der Waals surface area contributed by atoms with E-state index in [-0.39, 0.29) is 47.2 Å². The summed E-state index contributed by atoms with van der Waals surface area (Å²) < 4.78 is 81.8. The molecule has 0 saturated heterocycles. The Kier molecular flexibility index (Phi) is 10.7. The minimum absolute atomic E-state index is 0.0159. The largest absolute Gasteiger partial charge is 0.300 e. The van der Waals surface area contributed by atoms with E-state index in [9.17, 15) is 30.4 Å². The van der Waals surface area contributed by atoms with Crippen molar-refractivity contribution < 1.29 is 30.4 Å². The van der Waals surface area contributed by atoms with E-state index in [4.69, 9.17) is 16.6 Å². The first-order valence-electron chi connectivity index (χ1n) is 17.0. The third kappa shape index (κ3) is 8.69. The summed E-state index contributed by atoms with van der Waals surface area (Å²) in [5, 5.41) is 8.96. The number of hydrogen-bond acceptors (Lipinski definition) is 8. The van der Waals surface area contributed by atoms with Gasteiger partial charge in [-0.3, -0.25) is 14.2 Å². The first-order valence-corrected chi connectivity index (χ1v) is 20.9. The number of sulfone groups is 2. The highest BCUT2D eigenvalue weighted by molar-refractivity contribution is 7.93. The first kappa shape index (κ1) is 38.3. The number of aromatic nitrogens is 5. The lowest BCUT2D eigenvalue weighted by Gasteiger charge is -2.21. The summed E-state index contributed by atoms with van der Waals surface area (Å²) in [4.78, 5) is 18.6. The molecule has 1 aliphatic carbocycles. The Balaban J connectivity index is 1.53. The van der Waals surface area contributed by atoms with Crippen LogP contribution in [-0.2, 0) is 50.2 Å². The van der Waals surface area contributed by atoms with Gasteiger partial charge in [-0.05, 0) is 81.0 Å². The molecule has 3 aromatic heterocycles. The van der Waals surface area contributed by atoms with E-state index < -0.39 is 47.2 Å². The molecule has 0 N–H and O–H groups in total. The Morgan fingerprint density at radius 2 is 1.75 bits per heavy atom. The smallest absolute Gasteiger partial charge is 0.169 e. The number of carbonyl (C=O) groups excluding carboxylic acids is 1. The predicted molar refractivity (Wildman–Crippen MR) is 200 cm³/mol. The first-order chi connectivity index (χ1) is 24.9. The number of carbonyl (C=O) groups is 1. The molecule has 0 radical (unpaired) electrons. The van der Waals surface area contributed by atoms with Gasteiger partial charge in [0, 0.05) is 73.6 Å². The molecule has 6 rings (SSSR count). The average Bonchev–Trinajstić information content (AvgIpc) is 3.71. The minimum Gasteiger partial charge on any atom is -0.300 e. The van der Waals surface area contributed by atoms with E-state index in [1.54, 1.807) is 68.3 Å². The Bertz CT molecular complexity index is 2480. The zero-order valence-corrected chi connectivity index (χ0v) is 32.0. The van der Waals surface area contributed by atoms with Crippen molar-refractivity contribution in [2.24, 2.45) is 7.05 Å². The summed E-state index contributed by atoms with van der Waals surface area (Å²) in [5.41, 5.74) is 2.76. The van der Waals surface area contributed by atoms with Gasteiger partial charge < -0.3 is 0 Å². The van der Waals surface area contributed by atoms with E-state index >= 15 is 0 Å². The fraction of sp³-hybridized carbons (Fsp3) is 0.368. The van der Waals surface area contributed by atoms with E-state index in [0.29, 0.717) is 52.7 Å². The number of rotatable bonds is 13. The van der Waals surface area contributed by atoms with Crippen LogP contribution in [0.25, 0.3) is 22.0 Å². The number of Topliss-reactive ketones (excluding diaryl/α,β-unsaturated/α-hetero) is 1. The van der Waals surface area contributed by atoms with Gasteiger partial charge in [0.1, 0.15) is 27.9 Å². The van der Waals surface area contributed by atoms with Crippen molar-refractivity contribution >= 4 is 48.0 Å². The Labute approximate surface area is 312 Å². The molecule has 0 unspecified atom stereocenters. The van der Waals surface area contributed by atoms with Crippen LogP contribution in [0.1, 0.15) is 68.1 Å². The average molecular weight is 782 g/mol. The topological polar surface area (TPSA) is 134 Å². The third-order valence-corrected chi connectivity index (χ3v) is 13.2. The highest BCUT2D eigenvalue weighted by Gasteiger charge is 2.45. The maximum atomic E-state index is 14.5. The number of hydrogen-bond donors (Lipinski definition) is 0. The predicted octanol–water partition coefficient (Wildman–Crippen LogP) is 6.39. The van der Waals surface area contributed by atoms with Crippen LogP contribution in [0, 0.1) is 23.5 Å². The van der Waals surface area contributed by atoms with Crippen molar-refractivity contribution in [3.63, 3.8) is 0 Å². The number of ketones is 1. The van der Waals surface area contributed by atoms with Crippen molar-refractivity contribution in [2.75, 3.05) is 6.26 Å². The Morgan fingerprint density at radius 3 is 2.40 bits per heavy atom. The van der Waals surface area contributed by atoms with Crippen LogP contribution in [0.5, 0.6) is 0 Å². The number of fused-ring (bicyclic) bond motifs is 1. The molecule has 0 amide bonds. The van der Waals surface area contributed by atoms with Crippen LogP contribution in [0.3, 0.4) is 0 Å². The fourth-order valence-corrected chi connectivity index (χ4v) is 9.26. The lowest BCUT2D eigenvalue weighted by molar-refractivity contribution is -0.119. The number of halogens is 3. The molecule has 1 saturated carbocycles. The van der Waals surface area contributed by atoms with Gasteiger partial charge in [0.05, 0.1) is 32.9 Å². The summed E-state index contributed by atoms with van der Waals surface area (Å²) in [6, 6.07) is 11.7. The van der Waals surface area contributed by atoms with E-state index in [1.165, 1.54) is 16.8 Å². The molecule has 53 heavy (non-hydrogen) atoms. The molecular weight excluding hydrogens is 744 g/mol. The normalized spacial score (nSPS) is 14.2. The number of benzene rings is 2. The van der Waals surface area contributed by atoms with Gasteiger partial charge in [0.15, 0.2) is 19.7 Å². The van der Waals surface area contributed by atoms with Gasteiger partial charge in [-0.2, -0.15) is 10.2 Å². The summed E-state index contributed by atoms with van der Waals surface area (Å²) in [6.45, 7) is 3.44. The van der Waals surface area contributed by atoms with E-state index in [0.717, 1.165) is 12.3 Å². The molecule has 5 aromatic rings. The second-order valence-corrected chi connectivity index (χ2v) is 19.4. The van der Waals surface area contributed by atoms with Gasteiger partial charge in [-0.1, -0.05) is 23.6 Å². The molecule has 3 heterocycles. The quantitative estimate of drug-likeness (QED) is 0.126. The number of aryl methyl sites for hydroxylation is 2. The molecule has 15 heteroatoms. The lowest BCUT2D eigenvalue weighted by Crippen LogP contribution is -2.33. The molecular formula is C38H38ClF2N5O5S2. The van der Waals surface area contributed by atoms with Gasteiger partial charge in [0.25, 0.3) is 0 Å². The molecule has 1 aliphatic rings. The highest BCUT2D eigenvalue weighted by atomic mass is 35.5. The van der Waals surface area contributed by atoms with Crippen LogP contribution >= 0.6 is 11.6 Å². The summed E-state index contributed by atoms with van der Waals surface area (Å²) in [6.07, 6.45) is 5.71. The maximum Gasteiger partial charge on any atom is 0.169 e. The van der Waals surface area contributed by atoms with Crippen LogP contribution in [0.2, 0.25) is 5.02 Å². The molecule has 10 nitrogen and oxygen atoms in total. The van der Waals surface area contributed by atoms with Crippen molar-refractivity contribution in [1.82, 2.24) is 24.5 Å². The summed E-state index contributed by atoms with van der Waals surface area (Å²) >= 11 is 6.67.